The van der Waals surface area contributed by atoms with Gasteiger partial charge in [-0.25, -0.2) is 4.79 Å². The summed E-state index contributed by atoms with van der Waals surface area (Å²) in [5.74, 6) is 0. The van der Waals surface area contributed by atoms with Gasteiger partial charge in [0.2, 0.25) is 0 Å². The Morgan fingerprint density at radius 1 is 1.12 bits per heavy atom. The standard InChI is InChI=1S/C20H32N2O3.ClH/c1-2-3-15-24-17-18-10-6-7-11-19(18)21-20(23)25-16-14-22-12-8-4-5-9-13-22;/h6-7,10-11H,2-5,8-9,12-17H2,1H3,(H,21,23);1H. The third kappa shape index (κ3) is 8.88. The average Bonchev–Trinajstić information content (AvgIpc) is 2.89. The summed E-state index contributed by atoms with van der Waals surface area (Å²) in [5.41, 5.74) is 1.74. The van der Waals surface area contributed by atoms with Crippen molar-refractivity contribution in [3.63, 3.8) is 0 Å². The van der Waals surface area contributed by atoms with Gasteiger partial charge in [0.15, 0.2) is 0 Å². The fourth-order valence-electron chi connectivity index (χ4n) is 2.97. The number of carbonyl (C=O) groups excluding carboxylic acids is 1. The summed E-state index contributed by atoms with van der Waals surface area (Å²) in [6.45, 7) is 6.86. The molecule has 1 fully saturated rings. The minimum Gasteiger partial charge on any atom is -0.448 e. The molecule has 0 aliphatic carbocycles. The van der Waals surface area contributed by atoms with Crippen LogP contribution in [0.25, 0.3) is 0 Å². The Morgan fingerprint density at radius 2 is 1.85 bits per heavy atom. The summed E-state index contributed by atoms with van der Waals surface area (Å²) < 4.78 is 11.0. The van der Waals surface area contributed by atoms with Gasteiger partial charge in [0.1, 0.15) is 6.61 Å². The molecule has 2 rings (SSSR count). The van der Waals surface area contributed by atoms with Crippen LogP contribution in [0.2, 0.25) is 0 Å². The first-order valence-electron chi connectivity index (χ1n) is 9.61. The van der Waals surface area contributed by atoms with Gasteiger partial charge in [-0.1, -0.05) is 44.4 Å². The molecule has 1 amide bonds. The largest absolute Gasteiger partial charge is 0.448 e. The van der Waals surface area contributed by atoms with E-state index >= 15 is 0 Å². The van der Waals surface area contributed by atoms with E-state index < -0.39 is 6.09 Å². The third-order valence-electron chi connectivity index (χ3n) is 4.49. The van der Waals surface area contributed by atoms with Crippen LogP contribution in [-0.2, 0) is 16.1 Å². The summed E-state index contributed by atoms with van der Waals surface area (Å²) in [6, 6.07) is 7.71. The highest BCUT2D eigenvalue weighted by molar-refractivity contribution is 5.85. The van der Waals surface area contributed by atoms with Crippen molar-refractivity contribution < 1.29 is 14.3 Å². The number of hydrogen-bond acceptors (Lipinski definition) is 4. The summed E-state index contributed by atoms with van der Waals surface area (Å²) in [5, 5.41) is 2.84. The molecule has 1 saturated heterocycles. The number of rotatable bonds is 9. The number of nitrogens with one attached hydrogen (secondary N) is 1. The Bertz CT molecular complexity index is 506. The van der Waals surface area contributed by atoms with E-state index in [1.807, 2.05) is 24.3 Å². The van der Waals surface area contributed by atoms with Gasteiger partial charge in [-0.05, 0) is 38.4 Å². The van der Waals surface area contributed by atoms with Crippen molar-refractivity contribution in [1.29, 1.82) is 0 Å². The van der Waals surface area contributed by atoms with Crippen LogP contribution < -0.4 is 5.32 Å². The first-order chi connectivity index (χ1) is 12.3. The van der Waals surface area contributed by atoms with E-state index in [-0.39, 0.29) is 12.4 Å². The number of carbonyl (C=O) groups is 1. The molecule has 148 valence electrons. The minimum atomic E-state index is -0.393. The van der Waals surface area contributed by atoms with Crippen LogP contribution >= 0.6 is 12.4 Å². The molecule has 0 unspecified atom stereocenters. The predicted octanol–water partition coefficient (Wildman–Crippen LogP) is 4.85. The van der Waals surface area contributed by atoms with Gasteiger partial charge in [-0.3, -0.25) is 10.2 Å². The van der Waals surface area contributed by atoms with Crippen LogP contribution in [0.1, 0.15) is 51.0 Å². The normalized spacial score (nSPS) is 15.0. The second-order valence-corrected chi connectivity index (χ2v) is 6.58. The zero-order valence-corrected chi connectivity index (χ0v) is 16.7. The number of unbranched alkanes of at least 4 members (excludes halogenated alkanes) is 1. The highest BCUT2D eigenvalue weighted by Crippen LogP contribution is 2.16. The summed E-state index contributed by atoms with van der Waals surface area (Å²) in [6.07, 6.45) is 6.90. The second kappa shape index (κ2) is 13.8. The number of anilines is 1. The van der Waals surface area contributed by atoms with E-state index in [2.05, 4.69) is 17.1 Å². The predicted molar refractivity (Wildman–Crippen MR) is 108 cm³/mol. The van der Waals surface area contributed by atoms with E-state index in [0.29, 0.717) is 13.2 Å². The van der Waals surface area contributed by atoms with Crippen molar-refractivity contribution in [2.45, 2.75) is 52.1 Å². The molecule has 0 spiro atoms. The van der Waals surface area contributed by atoms with Crippen molar-refractivity contribution in [3.05, 3.63) is 29.8 Å². The van der Waals surface area contributed by atoms with Crippen molar-refractivity contribution >= 4 is 24.2 Å². The maximum atomic E-state index is 12.1. The van der Waals surface area contributed by atoms with E-state index in [1.54, 1.807) is 0 Å². The lowest BCUT2D eigenvalue weighted by Gasteiger charge is -2.19. The first kappa shape index (κ1) is 22.7. The van der Waals surface area contributed by atoms with E-state index in [0.717, 1.165) is 50.3 Å². The van der Waals surface area contributed by atoms with Gasteiger partial charge < -0.3 is 9.47 Å². The SMILES string of the molecule is CCCCOCc1ccccc1NC(=O)OCCN1CCCCCC1.Cl. The van der Waals surface area contributed by atoms with Crippen molar-refractivity contribution in [2.24, 2.45) is 0 Å². The molecule has 1 heterocycles. The maximum Gasteiger partial charge on any atom is 0.411 e. The number of halogens is 1. The number of amides is 1. The fourth-order valence-corrected chi connectivity index (χ4v) is 2.97. The Labute approximate surface area is 163 Å². The number of para-hydroxylation sites is 1. The quantitative estimate of drug-likeness (QED) is 0.618. The molecule has 6 heteroatoms. The zero-order chi connectivity index (χ0) is 17.7. The smallest absolute Gasteiger partial charge is 0.411 e. The van der Waals surface area contributed by atoms with E-state index in [9.17, 15) is 4.79 Å². The minimum absolute atomic E-state index is 0. The van der Waals surface area contributed by atoms with E-state index in [4.69, 9.17) is 9.47 Å². The van der Waals surface area contributed by atoms with Gasteiger partial charge in [-0.2, -0.15) is 0 Å². The van der Waals surface area contributed by atoms with Crippen LogP contribution in [0.15, 0.2) is 24.3 Å². The summed E-state index contributed by atoms with van der Waals surface area (Å²) >= 11 is 0. The lowest BCUT2D eigenvalue weighted by atomic mass is 10.2. The molecule has 26 heavy (non-hydrogen) atoms. The summed E-state index contributed by atoms with van der Waals surface area (Å²) in [7, 11) is 0. The van der Waals surface area contributed by atoms with Crippen LogP contribution in [-0.4, -0.2) is 43.8 Å². The van der Waals surface area contributed by atoms with Crippen LogP contribution in [0, 0.1) is 0 Å². The molecule has 1 N–H and O–H groups in total. The zero-order valence-electron chi connectivity index (χ0n) is 15.9. The molecule has 1 aromatic carbocycles. The molecule has 1 aliphatic rings. The Morgan fingerprint density at radius 3 is 2.58 bits per heavy atom. The molecule has 0 radical (unpaired) electrons. The van der Waals surface area contributed by atoms with Gasteiger partial charge in [0.05, 0.1) is 6.61 Å². The number of hydrogen-bond donors (Lipinski definition) is 1. The average molecular weight is 385 g/mol. The number of benzene rings is 1. The summed E-state index contributed by atoms with van der Waals surface area (Å²) in [4.78, 5) is 14.4. The second-order valence-electron chi connectivity index (χ2n) is 6.58. The van der Waals surface area contributed by atoms with Crippen LogP contribution in [0.4, 0.5) is 10.5 Å². The number of ether oxygens (including phenoxy) is 2. The highest BCUT2D eigenvalue weighted by Gasteiger charge is 2.11. The van der Waals surface area contributed by atoms with Crippen molar-refractivity contribution in [2.75, 3.05) is 38.2 Å². The molecule has 0 saturated carbocycles. The molecule has 1 aliphatic heterocycles. The van der Waals surface area contributed by atoms with Gasteiger partial charge in [0, 0.05) is 24.4 Å². The molecule has 0 bridgehead atoms. The van der Waals surface area contributed by atoms with Gasteiger partial charge >= 0.3 is 6.09 Å². The molecular formula is C20H33ClN2O3. The monoisotopic (exact) mass is 384 g/mol. The van der Waals surface area contributed by atoms with Crippen LogP contribution in [0.5, 0.6) is 0 Å². The highest BCUT2D eigenvalue weighted by atomic mass is 35.5. The van der Waals surface area contributed by atoms with Crippen molar-refractivity contribution in [1.82, 2.24) is 4.90 Å². The Kier molecular flexibility index (Phi) is 12.1. The molecular weight excluding hydrogens is 352 g/mol. The molecule has 0 aromatic heterocycles. The third-order valence-corrected chi connectivity index (χ3v) is 4.49. The molecule has 5 nitrogen and oxygen atoms in total. The number of likely N-dealkylation sites (tertiary alicyclic amines) is 1. The topological polar surface area (TPSA) is 50.8 Å². The lowest BCUT2D eigenvalue weighted by molar-refractivity contribution is 0.118. The Hall–Kier alpha value is -1.30. The number of nitrogens with zero attached hydrogens (tertiary/aromatic N) is 1. The maximum absolute atomic E-state index is 12.1. The van der Waals surface area contributed by atoms with Gasteiger partial charge in [0.25, 0.3) is 0 Å². The lowest BCUT2D eigenvalue weighted by Crippen LogP contribution is -2.30. The molecule has 1 aromatic rings. The van der Waals surface area contributed by atoms with E-state index in [1.165, 1.54) is 25.7 Å². The molecule has 0 atom stereocenters. The Balaban J connectivity index is 0.00000338. The van der Waals surface area contributed by atoms with Gasteiger partial charge in [-0.15, -0.1) is 12.4 Å². The van der Waals surface area contributed by atoms with Crippen LogP contribution in [0.3, 0.4) is 0 Å². The first-order valence-corrected chi connectivity index (χ1v) is 9.61. The fraction of sp³-hybridized carbons (Fsp3) is 0.650. The van der Waals surface area contributed by atoms with Crippen molar-refractivity contribution in [3.8, 4) is 0 Å².